The lowest BCUT2D eigenvalue weighted by Gasteiger charge is -2.36. The van der Waals surface area contributed by atoms with E-state index in [1.54, 1.807) is 11.6 Å². The number of amides is 1. The molecule has 32 heavy (non-hydrogen) atoms. The molecular formula is C23H26ClN5O2S. The van der Waals surface area contributed by atoms with Crippen LogP contribution in [0.25, 0.3) is 11.0 Å². The summed E-state index contributed by atoms with van der Waals surface area (Å²) < 4.78 is 1.58. The van der Waals surface area contributed by atoms with Crippen molar-refractivity contribution in [2.45, 2.75) is 5.03 Å². The number of fused-ring (bicyclic) bond motifs is 1. The van der Waals surface area contributed by atoms with Gasteiger partial charge in [0.25, 0.3) is 5.56 Å². The summed E-state index contributed by atoms with van der Waals surface area (Å²) >= 11 is 7.28. The van der Waals surface area contributed by atoms with Crippen LogP contribution in [0.2, 0.25) is 5.02 Å². The summed E-state index contributed by atoms with van der Waals surface area (Å²) in [5.41, 5.74) is 2.49. The molecule has 1 N–H and O–H groups in total. The fourth-order valence-electron chi connectivity index (χ4n) is 3.79. The predicted octanol–water partition coefficient (Wildman–Crippen LogP) is 2.62. The van der Waals surface area contributed by atoms with Crippen molar-refractivity contribution in [1.29, 1.82) is 0 Å². The van der Waals surface area contributed by atoms with E-state index in [2.05, 4.69) is 26.2 Å². The van der Waals surface area contributed by atoms with Crippen molar-refractivity contribution in [3.8, 4) is 0 Å². The molecule has 2 aromatic carbocycles. The van der Waals surface area contributed by atoms with E-state index in [0.717, 1.165) is 54.5 Å². The number of rotatable bonds is 7. The number of nitrogens with one attached hydrogen (secondary N) is 1. The van der Waals surface area contributed by atoms with E-state index in [-0.39, 0.29) is 17.2 Å². The first-order chi connectivity index (χ1) is 15.5. The second-order valence-corrected chi connectivity index (χ2v) is 9.12. The third-order valence-electron chi connectivity index (χ3n) is 5.59. The maximum atomic E-state index is 12.5. The maximum absolute atomic E-state index is 12.5. The van der Waals surface area contributed by atoms with Crippen LogP contribution in [0.15, 0.2) is 58.4 Å². The smallest absolute Gasteiger partial charge is 0.283 e. The van der Waals surface area contributed by atoms with Gasteiger partial charge in [0, 0.05) is 57.0 Å². The third-order valence-corrected chi connectivity index (χ3v) is 6.77. The van der Waals surface area contributed by atoms with Crippen LogP contribution < -0.4 is 15.8 Å². The van der Waals surface area contributed by atoms with Crippen molar-refractivity contribution >= 4 is 46.0 Å². The minimum atomic E-state index is -0.181. The van der Waals surface area contributed by atoms with E-state index in [4.69, 9.17) is 11.6 Å². The Morgan fingerprint density at radius 1 is 1.12 bits per heavy atom. The van der Waals surface area contributed by atoms with E-state index in [1.807, 2.05) is 42.5 Å². The minimum Gasteiger partial charge on any atom is -0.369 e. The number of carbonyl (C=O) groups is 1. The summed E-state index contributed by atoms with van der Waals surface area (Å²) in [6, 6.07) is 15.4. The molecule has 0 radical (unpaired) electrons. The number of anilines is 1. The summed E-state index contributed by atoms with van der Waals surface area (Å²) in [5, 5.41) is 4.05. The van der Waals surface area contributed by atoms with Gasteiger partial charge in [-0.3, -0.25) is 14.5 Å². The van der Waals surface area contributed by atoms with Crippen molar-refractivity contribution in [1.82, 2.24) is 19.8 Å². The van der Waals surface area contributed by atoms with Gasteiger partial charge in [0.2, 0.25) is 5.91 Å². The molecular weight excluding hydrogens is 446 g/mol. The van der Waals surface area contributed by atoms with Crippen LogP contribution in [0.5, 0.6) is 0 Å². The molecule has 0 bridgehead atoms. The summed E-state index contributed by atoms with van der Waals surface area (Å²) in [6.07, 6.45) is 0. The van der Waals surface area contributed by atoms with Crippen LogP contribution in [0.4, 0.5) is 5.69 Å². The van der Waals surface area contributed by atoms with Crippen molar-refractivity contribution in [3.63, 3.8) is 0 Å². The number of hydrogen-bond acceptors (Lipinski definition) is 6. The Bertz CT molecular complexity index is 1160. The standard InChI is InChI=1S/C23H26ClN5O2S/c1-27-20-8-3-2-7-19(20)26-22(23(27)31)32-16-21(30)25-9-10-28-11-13-29(14-12-28)18-6-4-5-17(24)15-18/h2-8,15H,9-14,16H2,1H3,(H,25,30). The lowest BCUT2D eigenvalue weighted by atomic mass is 10.2. The molecule has 0 unspecified atom stereocenters. The van der Waals surface area contributed by atoms with Gasteiger partial charge >= 0.3 is 0 Å². The number of hydrogen-bond donors (Lipinski definition) is 1. The van der Waals surface area contributed by atoms with Crippen LogP contribution in [0, 0.1) is 0 Å². The molecule has 2 heterocycles. The average Bonchev–Trinajstić information content (AvgIpc) is 2.81. The zero-order chi connectivity index (χ0) is 22.5. The van der Waals surface area contributed by atoms with Crippen molar-refractivity contribution in [2.24, 2.45) is 7.05 Å². The van der Waals surface area contributed by atoms with E-state index >= 15 is 0 Å². The van der Waals surface area contributed by atoms with E-state index < -0.39 is 0 Å². The van der Waals surface area contributed by atoms with Gasteiger partial charge in [0.05, 0.1) is 16.8 Å². The Kier molecular flexibility index (Phi) is 7.34. The van der Waals surface area contributed by atoms with Gasteiger partial charge in [-0.25, -0.2) is 4.98 Å². The first kappa shape index (κ1) is 22.6. The van der Waals surface area contributed by atoms with Crippen LogP contribution >= 0.6 is 23.4 Å². The molecule has 1 aliphatic rings. The van der Waals surface area contributed by atoms with Gasteiger partial charge < -0.3 is 14.8 Å². The second kappa shape index (κ2) is 10.4. The first-order valence-corrected chi connectivity index (χ1v) is 12.0. The van der Waals surface area contributed by atoms with Gasteiger partial charge in [-0.05, 0) is 30.3 Å². The fraction of sp³-hybridized carbons (Fsp3) is 0.348. The number of benzene rings is 2. The number of piperazine rings is 1. The number of aromatic nitrogens is 2. The number of halogens is 1. The molecule has 3 aromatic rings. The van der Waals surface area contributed by atoms with Crippen LogP contribution in [0.1, 0.15) is 0 Å². The minimum absolute atomic E-state index is 0.0930. The van der Waals surface area contributed by atoms with E-state index in [0.29, 0.717) is 11.6 Å². The Hall–Kier alpha value is -2.55. The van der Waals surface area contributed by atoms with Gasteiger partial charge in [-0.1, -0.05) is 41.6 Å². The quantitative estimate of drug-likeness (QED) is 0.534. The molecule has 0 aliphatic carbocycles. The Morgan fingerprint density at radius 3 is 2.69 bits per heavy atom. The SMILES string of the molecule is Cn1c(=O)c(SCC(=O)NCCN2CCN(c3cccc(Cl)c3)CC2)nc2ccccc21. The predicted molar refractivity (Wildman–Crippen MR) is 131 cm³/mol. The number of aryl methyl sites for hydroxylation is 1. The maximum Gasteiger partial charge on any atom is 0.283 e. The Balaban J connectivity index is 1.21. The van der Waals surface area contributed by atoms with Gasteiger partial charge in [0.1, 0.15) is 0 Å². The monoisotopic (exact) mass is 471 g/mol. The molecule has 1 aromatic heterocycles. The molecule has 1 aliphatic heterocycles. The molecule has 9 heteroatoms. The number of carbonyl (C=O) groups excluding carboxylic acids is 1. The lowest BCUT2D eigenvalue weighted by molar-refractivity contribution is -0.118. The zero-order valence-corrected chi connectivity index (χ0v) is 19.5. The molecule has 168 valence electrons. The van der Waals surface area contributed by atoms with Gasteiger partial charge in [-0.15, -0.1) is 0 Å². The van der Waals surface area contributed by atoms with Crippen LogP contribution in [-0.4, -0.2) is 65.4 Å². The summed E-state index contributed by atoms with van der Waals surface area (Å²) in [7, 11) is 1.72. The highest BCUT2D eigenvalue weighted by atomic mass is 35.5. The van der Waals surface area contributed by atoms with E-state index in [1.165, 1.54) is 11.8 Å². The van der Waals surface area contributed by atoms with Crippen molar-refractivity contribution in [3.05, 3.63) is 63.9 Å². The Labute approximate surface area is 196 Å². The highest BCUT2D eigenvalue weighted by Gasteiger charge is 2.17. The molecule has 1 fully saturated rings. The van der Waals surface area contributed by atoms with E-state index in [9.17, 15) is 9.59 Å². The molecule has 0 spiro atoms. The van der Waals surface area contributed by atoms with Gasteiger partial charge in [-0.2, -0.15) is 0 Å². The molecule has 7 nitrogen and oxygen atoms in total. The van der Waals surface area contributed by atoms with Crippen LogP contribution in [0.3, 0.4) is 0 Å². The Morgan fingerprint density at radius 2 is 1.91 bits per heavy atom. The lowest BCUT2D eigenvalue weighted by Crippen LogP contribution is -2.48. The highest BCUT2D eigenvalue weighted by molar-refractivity contribution is 7.99. The second-order valence-electron chi connectivity index (χ2n) is 7.72. The topological polar surface area (TPSA) is 70.5 Å². The van der Waals surface area contributed by atoms with Gasteiger partial charge in [0.15, 0.2) is 5.03 Å². The number of thioether (sulfide) groups is 1. The molecule has 4 rings (SSSR count). The molecule has 0 saturated carbocycles. The number of nitrogens with zero attached hydrogens (tertiary/aromatic N) is 4. The summed E-state index contributed by atoms with van der Waals surface area (Å²) in [6.45, 7) is 5.13. The molecule has 0 atom stereocenters. The van der Waals surface area contributed by atoms with Crippen LogP contribution in [-0.2, 0) is 11.8 Å². The fourth-order valence-corrected chi connectivity index (χ4v) is 4.77. The normalized spacial score (nSPS) is 14.6. The van der Waals surface area contributed by atoms with Crippen molar-refractivity contribution in [2.75, 3.05) is 49.9 Å². The third kappa shape index (κ3) is 5.43. The highest BCUT2D eigenvalue weighted by Crippen LogP contribution is 2.20. The summed E-state index contributed by atoms with van der Waals surface area (Å²) in [4.78, 5) is 33.9. The first-order valence-electron chi connectivity index (χ1n) is 10.6. The zero-order valence-electron chi connectivity index (χ0n) is 18.0. The molecule has 1 saturated heterocycles. The number of para-hydroxylation sites is 2. The largest absolute Gasteiger partial charge is 0.369 e. The summed E-state index contributed by atoms with van der Waals surface area (Å²) in [5.74, 6) is 0.0768. The average molecular weight is 472 g/mol. The molecule has 1 amide bonds. The van der Waals surface area contributed by atoms with Crippen molar-refractivity contribution < 1.29 is 4.79 Å².